The van der Waals surface area contributed by atoms with Gasteiger partial charge in [0.2, 0.25) is 0 Å². The zero-order chi connectivity index (χ0) is 21.6. The fraction of sp³-hybridized carbons (Fsp3) is 0. The topological polar surface area (TPSA) is 25.8 Å². The van der Waals surface area contributed by atoms with Gasteiger partial charge in [-0.05, 0) is 22.9 Å². The molecule has 2 aromatic heterocycles. The van der Waals surface area contributed by atoms with Crippen LogP contribution in [0.5, 0.6) is 0 Å². The largest absolute Gasteiger partial charge is 0.256 e. The van der Waals surface area contributed by atoms with Gasteiger partial charge in [0, 0.05) is 74.5 Å². The summed E-state index contributed by atoms with van der Waals surface area (Å²) >= 11 is 0. The predicted octanol–water partition coefficient (Wildman–Crippen LogP) is 7.80. The van der Waals surface area contributed by atoms with Gasteiger partial charge in [0.1, 0.15) is 0 Å². The van der Waals surface area contributed by atoms with Gasteiger partial charge in [0.05, 0.1) is 11.4 Å². The second-order valence-corrected chi connectivity index (χ2v) is 7.49. The van der Waals surface area contributed by atoms with E-state index in [1.165, 1.54) is 32.7 Å². The molecule has 0 bridgehead atoms. The van der Waals surface area contributed by atoms with Crippen molar-refractivity contribution >= 4 is 21.5 Å². The minimum absolute atomic E-state index is 0. The van der Waals surface area contributed by atoms with Gasteiger partial charge in [-0.3, -0.25) is 9.97 Å². The smallest absolute Gasteiger partial charge is 0.0780 e. The van der Waals surface area contributed by atoms with Crippen LogP contribution in [-0.4, -0.2) is 9.97 Å². The third kappa shape index (κ3) is 5.73. The minimum atomic E-state index is 0. The van der Waals surface area contributed by atoms with Gasteiger partial charge in [-0.2, -0.15) is 0 Å². The van der Waals surface area contributed by atoms with Gasteiger partial charge in [0.25, 0.3) is 0 Å². The Morgan fingerprint density at radius 1 is 0.353 bits per heavy atom. The molecule has 4 aromatic carbocycles. The van der Waals surface area contributed by atoms with E-state index in [0.29, 0.717) is 0 Å². The number of benzene rings is 4. The number of pyridine rings is 2. The summed E-state index contributed by atoms with van der Waals surface area (Å²) in [5.74, 6) is 0. The van der Waals surface area contributed by atoms with E-state index < -0.39 is 0 Å². The molecular formula is C30H22Ir2N2. The summed E-state index contributed by atoms with van der Waals surface area (Å²) in [4.78, 5) is 8.95. The first-order valence-corrected chi connectivity index (χ1v) is 10.7. The molecule has 0 amide bonds. The van der Waals surface area contributed by atoms with Gasteiger partial charge < -0.3 is 0 Å². The third-order valence-corrected chi connectivity index (χ3v) is 5.44. The quantitative estimate of drug-likeness (QED) is 0.179. The maximum absolute atomic E-state index is 4.48. The second kappa shape index (κ2) is 12.5. The average Bonchev–Trinajstić information content (AvgIpc) is 2.89. The summed E-state index contributed by atoms with van der Waals surface area (Å²) in [5.41, 5.74) is 4.44. The van der Waals surface area contributed by atoms with Gasteiger partial charge in [-0.25, -0.2) is 0 Å². The number of rotatable bonds is 2. The van der Waals surface area contributed by atoms with E-state index in [0.717, 1.165) is 11.4 Å². The SMILES string of the molecule is [Ir].[Ir].c1ccc(-c2nccc3ccccc23)cc1.c1ccc(-c2nccc3ccccc23)cc1. The first kappa shape index (κ1) is 25.6. The number of hydrogen-bond donors (Lipinski definition) is 0. The molecule has 0 N–H and O–H groups in total. The standard InChI is InChI=1S/2C15H11N.2Ir/c2*1-2-7-13(8-3-1)15-14-9-5-4-6-12(14)10-11-16-15;;/h2*1-11H;;. The Labute approximate surface area is 226 Å². The molecule has 0 aliphatic rings. The third-order valence-electron chi connectivity index (χ3n) is 5.44. The molecule has 6 aromatic rings. The molecule has 2 nitrogen and oxygen atoms in total. The molecule has 34 heavy (non-hydrogen) atoms. The fourth-order valence-corrected chi connectivity index (χ4v) is 3.89. The van der Waals surface area contributed by atoms with Crippen LogP contribution in [0.15, 0.2) is 134 Å². The van der Waals surface area contributed by atoms with Gasteiger partial charge in [0.15, 0.2) is 0 Å². The molecule has 0 saturated heterocycles. The van der Waals surface area contributed by atoms with Crippen molar-refractivity contribution in [3.63, 3.8) is 0 Å². The number of fused-ring (bicyclic) bond motifs is 2. The van der Waals surface area contributed by atoms with Crippen molar-refractivity contribution in [1.82, 2.24) is 9.97 Å². The first-order valence-electron chi connectivity index (χ1n) is 10.7. The number of aromatic nitrogens is 2. The van der Waals surface area contributed by atoms with Crippen LogP contribution in [0.1, 0.15) is 0 Å². The molecule has 6 rings (SSSR count). The second-order valence-electron chi connectivity index (χ2n) is 7.49. The monoisotopic (exact) mass is 796 g/mol. The van der Waals surface area contributed by atoms with E-state index in [1.54, 1.807) is 0 Å². The molecule has 2 heterocycles. The molecule has 0 spiro atoms. The summed E-state index contributed by atoms with van der Waals surface area (Å²) in [6.07, 6.45) is 3.73. The van der Waals surface area contributed by atoms with Gasteiger partial charge >= 0.3 is 0 Å². The summed E-state index contributed by atoms with van der Waals surface area (Å²) in [7, 11) is 0. The molecular weight excluding hydrogens is 773 g/mol. The van der Waals surface area contributed by atoms with Crippen LogP contribution in [0, 0.1) is 0 Å². The van der Waals surface area contributed by atoms with Crippen molar-refractivity contribution in [3.8, 4) is 22.5 Å². The predicted molar refractivity (Wildman–Crippen MR) is 134 cm³/mol. The molecule has 0 atom stereocenters. The van der Waals surface area contributed by atoms with Gasteiger partial charge in [-0.1, -0.05) is 109 Å². The van der Waals surface area contributed by atoms with Crippen molar-refractivity contribution in [3.05, 3.63) is 134 Å². The number of nitrogens with zero attached hydrogens (tertiary/aromatic N) is 2. The first-order chi connectivity index (χ1) is 15.9. The van der Waals surface area contributed by atoms with E-state index in [2.05, 4.69) is 82.8 Å². The molecule has 0 saturated carbocycles. The average molecular weight is 795 g/mol. The Bertz CT molecular complexity index is 1340. The van der Waals surface area contributed by atoms with Crippen LogP contribution >= 0.6 is 0 Å². The molecule has 0 fully saturated rings. The molecule has 0 aliphatic heterocycles. The van der Waals surface area contributed by atoms with E-state index in [1.807, 2.05) is 60.9 Å². The Morgan fingerprint density at radius 3 is 1.12 bits per heavy atom. The van der Waals surface area contributed by atoms with Crippen molar-refractivity contribution in [1.29, 1.82) is 0 Å². The zero-order valence-corrected chi connectivity index (χ0v) is 23.1. The number of hydrogen-bond acceptors (Lipinski definition) is 2. The van der Waals surface area contributed by atoms with Crippen LogP contribution in [0.3, 0.4) is 0 Å². The van der Waals surface area contributed by atoms with Crippen molar-refractivity contribution < 1.29 is 40.2 Å². The Hall–Kier alpha value is -3.00. The van der Waals surface area contributed by atoms with Crippen molar-refractivity contribution in [2.24, 2.45) is 0 Å². The van der Waals surface area contributed by atoms with Crippen LogP contribution in [0.25, 0.3) is 44.1 Å². The van der Waals surface area contributed by atoms with Crippen molar-refractivity contribution in [2.45, 2.75) is 0 Å². The van der Waals surface area contributed by atoms with E-state index in [4.69, 9.17) is 0 Å². The summed E-state index contributed by atoms with van der Waals surface area (Å²) in [6, 6.07) is 41.3. The zero-order valence-electron chi connectivity index (χ0n) is 18.3. The van der Waals surface area contributed by atoms with E-state index >= 15 is 0 Å². The Balaban J connectivity index is 0.000000180. The molecule has 0 unspecified atom stereocenters. The van der Waals surface area contributed by atoms with E-state index in [9.17, 15) is 0 Å². The van der Waals surface area contributed by atoms with Crippen LogP contribution in [-0.2, 0) is 40.2 Å². The summed E-state index contributed by atoms with van der Waals surface area (Å²) < 4.78 is 0. The maximum atomic E-state index is 4.48. The van der Waals surface area contributed by atoms with Crippen LogP contribution < -0.4 is 0 Å². The molecule has 170 valence electrons. The fourth-order valence-electron chi connectivity index (χ4n) is 3.89. The molecule has 0 aliphatic carbocycles. The van der Waals surface area contributed by atoms with Crippen LogP contribution in [0.2, 0.25) is 0 Å². The van der Waals surface area contributed by atoms with Gasteiger partial charge in [-0.15, -0.1) is 0 Å². The molecule has 4 heteroatoms. The van der Waals surface area contributed by atoms with Crippen molar-refractivity contribution in [2.75, 3.05) is 0 Å². The summed E-state index contributed by atoms with van der Waals surface area (Å²) in [5, 5.41) is 4.88. The Kier molecular flexibility index (Phi) is 9.39. The summed E-state index contributed by atoms with van der Waals surface area (Å²) in [6.45, 7) is 0. The molecule has 2 radical (unpaired) electrons. The normalized spacial score (nSPS) is 9.88. The van der Waals surface area contributed by atoms with E-state index in [-0.39, 0.29) is 40.2 Å². The van der Waals surface area contributed by atoms with Crippen LogP contribution in [0.4, 0.5) is 0 Å². The maximum Gasteiger partial charge on any atom is 0.0780 e. The Morgan fingerprint density at radius 2 is 0.706 bits per heavy atom. The minimum Gasteiger partial charge on any atom is -0.256 e.